The normalized spacial score (nSPS) is 15.6. The van der Waals surface area contributed by atoms with Gasteiger partial charge in [-0.1, -0.05) is 59.6 Å². The minimum absolute atomic E-state index is 0.235. The average Bonchev–Trinajstić information content (AvgIpc) is 4.03. The van der Waals surface area contributed by atoms with Crippen LogP contribution in [0.5, 0.6) is 5.75 Å². The standard InChI is InChI=1S/C24H25ClN2O4S2.C23H24ClN3O4S2/c25-20-8-6-19(7-9-20)23(28)26-17-21-10-11-22(32-21)33(30,31)27-14-12-24(29,13-15-27)16-18-4-2-1-3-5-18;1-31-20-4-2-3-19(15-20)26-11-13-27(14-12-26)33(29,30)22-10-9-21(32-22)16-25-23(28)17-5-7-18(24)8-6-17/h1-11,29H,12-17H2,(H,26,28);2-10,15H,11-14,16H2,1H3,(H,25,28). The highest BCUT2D eigenvalue weighted by Crippen LogP contribution is 2.32. The molecule has 2 saturated heterocycles. The van der Waals surface area contributed by atoms with Gasteiger partial charge < -0.3 is 25.4 Å². The molecule has 2 aliphatic heterocycles. The smallest absolute Gasteiger partial charge is 0.252 e. The van der Waals surface area contributed by atoms with Gasteiger partial charge in [0.1, 0.15) is 14.2 Å². The fourth-order valence-electron chi connectivity index (χ4n) is 7.47. The molecule has 2 fully saturated rings. The van der Waals surface area contributed by atoms with Crippen molar-refractivity contribution in [2.24, 2.45) is 0 Å². The van der Waals surface area contributed by atoms with Crippen LogP contribution in [-0.2, 0) is 39.6 Å². The van der Waals surface area contributed by atoms with Gasteiger partial charge in [0.25, 0.3) is 31.9 Å². The monoisotopic (exact) mass is 1010 g/mol. The Labute approximate surface area is 403 Å². The number of nitrogens with one attached hydrogen (secondary N) is 2. The Kier molecular flexibility index (Phi) is 16.3. The molecular formula is C47H49Cl2N5O8S4. The number of hydrogen-bond donors (Lipinski definition) is 3. The van der Waals surface area contributed by atoms with E-state index in [1.165, 1.54) is 19.9 Å². The molecule has 66 heavy (non-hydrogen) atoms. The maximum absolute atomic E-state index is 13.1. The highest BCUT2D eigenvalue weighted by atomic mass is 35.5. The summed E-state index contributed by atoms with van der Waals surface area (Å²) in [4.78, 5) is 28.2. The molecule has 2 aromatic heterocycles. The maximum Gasteiger partial charge on any atom is 0.252 e. The van der Waals surface area contributed by atoms with E-state index >= 15 is 0 Å². The fraction of sp³-hybridized carbons (Fsp3) is 0.277. The van der Waals surface area contributed by atoms with Crippen molar-refractivity contribution >= 4 is 83.4 Å². The molecular weight excluding hydrogens is 962 g/mol. The zero-order chi connectivity index (χ0) is 46.9. The number of halogens is 2. The SMILES string of the molecule is COc1cccc(N2CCN(S(=O)(=O)c3ccc(CNC(=O)c4ccc(Cl)cc4)s3)CC2)c1.O=C(NCc1ccc(S(=O)(=O)N2CCC(O)(Cc3ccccc3)CC2)s1)c1ccc(Cl)cc1. The van der Waals surface area contributed by atoms with Crippen LogP contribution in [0.25, 0.3) is 0 Å². The molecule has 6 aromatic rings. The molecule has 0 aliphatic carbocycles. The minimum atomic E-state index is -3.65. The molecule has 0 unspecified atom stereocenters. The summed E-state index contributed by atoms with van der Waals surface area (Å²) < 4.78 is 61.3. The second-order valence-corrected chi connectivity index (χ2v) is 23.2. The van der Waals surface area contributed by atoms with E-state index in [1.807, 2.05) is 54.6 Å². The van der Waals surface area contributed by atoms with Gasteiger partial charge in [-0.05, 0) is 103 Å². The Morgan fingerprint density at radius 1 is 0.636 bits per heavy atom. The van der Waals surface area contributed by atoms with Gasteiger partial charge in [0.05, 0.1) is 25.8 Å². The van der Waals surface area contributed by atoms with Crippen molar-refractivity contribution in [1.82, 2.24) is 19.2 Å². The average molecular weight is 1010 g/mol. The van der Waals surface area contributed by atoms with Crippen LogP contribution < -0.4 is 20.3 Å². The predicted octanol–water partition coefficient (Wildman–Crippen LogP) is 7.94. The van der Waals surface area contributed by atoms with Gasteiger partial charge in [-0.2, -0.15) is 8.61 Å². The number of methoxy groups -OCH3 is 1. The van der Waals surface area contributed by atoms with E-state index in [9.17, 15) is 31.5 Å². The minimum Gasteiger partial charge on any atom is -0.497 e. The van der Waals surface area contributed by atoms with Crippen molar-refractivity contribution in [3.8, 4) is 5.75 Å². The van der Waals surface area contributed by atoms with Crippen molar-refractivity contribution in [3.63, 3.8) is 0 Å². The molecule has 2 aliphatic rings. The van der Waals surface area contributed by atoms with Crippen LogP contribution in [-0.4, -0.2) is 94.3 Å². The number of aliphatic hydroxyl groups is 1. The van der Waals surface area contributed by atoms with E-state index in [0.717, 1.165) is 38.1 Å². The van der Waals surface area contributed by atoms with Crippen molar-refractivity contribution in [1.29, 1.82) is 0 Å². The molecule has 0 saturated carbocycles. The van der Waals surface area contributed by atoms with Crippen LogP contribution in [0.1, 0.15) is 48.9 Å². The predicted molar refractivity (Wildman–Crippen MR) is 261 cm³/mol. The van der Waals surface area contributed by atoms with Crippen molar-refractivity contribution in [3.05, 3.63) is 164 Å². The molecule has 0 bridgehead atoms. The lowest BCUT2D eigenvalue weighted by Crippen LogP contribution is -2.48. The first kappa shape index (κ1) is 49.1. The summed E-state index contributed by atoms with van der Waals surface area (Å²) in [7, 11) is -5.60. The van der Waals surface area contributed by atoms with E-state index in [1.54, 1.807) is 79.9 Å². The molecule has 0 spiro atoms. The Hall–Kier alpha value is -4.82. The molecule has 2 amide bonds. The van der Waals surface area contributed by atoms with Crippen LogP contribution in [0.3, 0.4) is 0 Å². The number of nitrogens with zero attached hydrogens (tertiary/aromatic N) is 3. The number of piperidine rings is 1. The summed E-state index contributed by atoms with van der Waals surface area (Å²) in [5.41, 5.74) is 2.14. The summed E-state index contributed by atoms with van der Waals surface area (Å²) in [5.74, 6) is 0.285. The zero-order valence-electron chi connectivity index (χ0n) is 35.9. The summed E-state index contributed by atoms with van der Waals surface area (Å²) in [6.45, 7) is 3.03. The van der Waals surface area contributed by atoms with Crippen LogP contribution in [0.2, 0.25) is 10.0 Å². The Morgan fingerprint density at radius 2 is 1.12 bits per heavy atom. The lowest BCUT2D eigenvalue weighted by Gasteiger charge is -2.37. The number of rotatable bonds is 14. The van der Waals surface area contributed by atoms with Gasteiger partial charge in [-0.25, -0.2) is 16.8 Å². The van der Waals surface area contributed by atoms with E-state index < -0.39 is 25.6 Å². The number of piperazine rings is 1. The van der Waals surface area contributed by atoms with Crippen molar-refractivity contribution in [2.45, 2.75) is 46.4 Å². The van der Waals surface area contributed by atoms with Crippen LogP contribution >= 0.6 is 45.9 Å². The third kappa shape index (κ3) is 12.6. The maximum atomic E-state index is 13.1. The Bertz CT molecular complexity index is 2810. The highest BCUT2D eigenvalue weighted by Gasteiger charge is 2.38. The Morgan fingerprint density at radius 3 is 1.61 bits per heavy atom. The number of sulfonamides is 2. The van der Waals surface area contributed by atoms with E-state index in [4.69, 9.17) is 27.9 Å². The number of hydrogen-bond acceptors (Lipinski definition) is 11. The van der Waals surface area contributed by atoms with Crippen molar-refractivity contribution in [2.75, 3.05) is 51.3 Å². The fourth-order valence-corrected chi connectivity index (χ4v) is 13.5. The van der Waals surface area contributed by atoms with Gasteiger partial charge >= 0.3 is 0 Å². The molecule has 0 radical (unpaired) electrons. The number of carbonyl (C=O) groups excluding carboxylic acids is 2. The van der Waals surface area contributed by atoms with E-state index in [2.05, 4.69) is 15.5 Å². The first-order valence-corrected chi connectivity index (χ1v) is 26.3. The van der Waals surface area contributed by atoms with Gasteiger partial charge in [-0.3, -0.25) is 9.59 Å². The number of ether oxygens (including phenoxy) is 1. The van der Waals surface area contributed by atoms with Crippen LogP contribution in [0.4, 0.5) is 5.69 Å². The molecule has 3 N–H and O–H groups in total. The molecule has 4 heterocycles. The molecule has 19 heteroatoms. The molecule has 8 rings (SSSR count). The summed E-state index contributed by atoms with van der Waals surface area (Å²) in [6, 6.07) is 37.3. The molecule has 4 aromatic carbocycles. The number of carbonyl (C=O) groups is 2. The number of amides is 2. The summed E-state index contributed by atoms with van der Waals surface area (Å²) >= 11 is 14.0. The van der Waals surface area contributed by atoms with Gasteiger partial charge in [0.15, 0.2) is 0 Å². The quantitative estimate of drug-likeness (QED) is 0.0983. The number of benzene rings is 4. The van der Waals surface area contributed by atoms with Crippen LogP contribution in [0.15, 0.2) is 136 Å². The van der Waals surface area contributed by atoms with E-state index in [0.29, 0.717) is 66.6 Å². The highest BCUT2D eigenvalue weighted by molar-refractivity contribution is 7.91. The first-order chi connectivity index (χ1) is 31.6. The van der Waals surface area contributed by atoms with Gasteiger partial charge in [0, 0.05) is 88.4 Å². The lowest BCUT2D eigenvalue weighted by atomic mass is 9.86. The second kappa shape index (κ2) is 21.9. The third-order valence-electron chi connectivity index (χ3n) is 11.2. The number of thiophene rings is 2. The largest absolute Gasteiger partial charge is 0.497 e. The second-order valence-electron chi connectivity index (χ2n) is 15.7. The lowest BCUT2D eigenvalue weighted by molar-refractivity contribution is -0.00439. The summed E-state index contributed by atoms with van der Waals surface area (Å²) in [6.07, 6.45) is 1.28. The molecule has 13 nitrogen and oxygen atoms in total. The van der Waals surface area contributed by atoms with Crippen LogP contribution in [0, 0.1) is 0 Å². The Balaban J connectivity index is 0.000000196. The van der Waals surface area contributed by atoms with Crippen molar-refractivity contribution < 1.29 is 36.3 Å². The zero-order valence-corrected chi connectivity index (χ0v) is 40.7. The van der Waals surface area contributed by atoms with Gasteiger partial charge in [0.2, 0.25) is 0 Å². The summed E-state index contributed by atoms with van der Waals surface area (Å²) in [5, 5.41) is 17.7. The molecule has 0 atom stereocenters. The first-order valence-electron chi connectivity index (χ1n) is 21.0. The van der Waals surface area contributed by atoms with Gasteiger partial charge in [-0.15, -0.1) is 22.7 Å². The number of anilines is 1. The molecule has 348 valence electrons. The third-order valence-corrected chi connectivity index (χ3v) is 18.6. The topological polar surface area (TPSA) is 166 Å². The van der Waals surface area contributed by atoms with E-state index in [-0.39, 0.29) is 46.4 Å².